The Balaban J connectivity index is 2.70. The van der Waals surface area contributed by atoms with E-state index in [0.29, 0.717) is 13.0 Å². The van der Waals surface area contributed by atoms with Gasteiger partial charge in [-0.15, -0.1) is 0 Å². The van der Waals surface area contributed by atoms with Crippen LogP contribution in [0.3, 0.4) is 0 Å². The van der Waals surface area contributed by atoms with Crippen LogP contribution in [0.15, 0.2) is 0 Å². The average molecular weight is 127 g/mol. The van der Waals surface area contributed by atoms with Crippen molar-refractivity contribution in [2.75, 3.05) is 6.61 Å². The molecule has 3 nitrogen and oxygen atoms in total. The number of ether oxygens (including phenoxy) is 1. The molecule has 3 heteroatoms. The van der Waals surface area contributed by atoms with E-state index in [-0.39, 0.29) is 6.10 Å². The molecule has 1 aliphatic rings. The molecular weight excluding hydrogens is 118 g/mol. The third-order valence-electron chi connectivity index (χ3n) is 1.72. The zero-order chi connectivity index (χ0) is 6.91. The fourth-order valence-corrected chi connectivity index (χ4v) is 0.879. The molecule has 9 heavy (non-hydrogen) atoms. The lowest BCUT2D eigenvalue weighted by Crippen LogP contribution is -2.33. The normalized spacial score (nSPS) is 42.6. The first kappa shape index (κ1) is 6.53. The third kappa shape index (κ3) is 0.913. The van der Waals surface area contributed by atoms with E-state index in [4.69, 9.17) is 10.00 Å². The van der Waals surface area contributed by atoms with E-state index in [9.17, 15) is 5.11 Å². The number of nitrogens with zero attached hydrogens (tertiary/aromatic N) is 1. The summed E-state index contributed by atoms with van der Waals surface area (Å²) in [6.07, 6.45) is 0.104. The molecule has 0 bridgehead atoms. The second-order valence-corrected chi connectivity index (χ2v) is 2.30. The minimum Gasteiger partial charge on any atom is -0.374 e. The highest BCUT2D eigenvalue weighted by Crippen LogP contribution is 2.23. The van der Waals surface area contributed by atoms with Crippen molar-refractivity contribution in [3.05, 3.63) is 0 Å². The van der Waals surface area contributed by atoms with E-state index in [1.54, 1.807) is 6.92 Å². The Morgan fingerprint density at radius 2 is 2.56 bits per heavy atom. The molecule has 0 radical (unpaired) electrons. The molecular formula is C6H9NO2. The summed E-state index contributed by atoms with van der Waals surface area (Å²) in [5.41, 5.74) is -1.22. The van der Waals surface area contributed by atoms with Crippen molar-refractivity contribution in [3.63, 3.8) is 0 Å². The van der Waals surface area contributed by atoms with E-state index in [1.165, 1.54) is 0 Å². The van der Waals surface area contributed by atoms with Crippen LogP contribution >= 0.6 is 0 Å². The molecule has 1 fully saturated rings. The Morgan fingerprint density at radius 1 is 1.89 bits per heavy atom. The first-order chi connectivity index (χ1) is 4.19. The van der Waals surface area contributed by atoms with Crippen LogP contribution in [-0.2, 0) is 4.74 Å². The van der Waals surface area contributed by atoms with Crippen LogP contribution in [0.2, 0.25) is 0 Å². The lowest BCUT2D eigenvalue weighted by atomic mass is 9.99. The van der Waals surface area contributed by atoms with Crippen molar-refractivity contribution in [1.82, 2.24) is 0 Å². The van der Waals surface area contributed by atoms with Gasteiger partial charge in [-0.2, -0.15) is 5.26 Å². The highest BCUT2D eigenvalue weighted by Gasteiger charge is 2.39. The van der Waals surface area contributed by atoms with Crippen LogP contribution in [0, 0.1) is 11.3 Å². The van der Waals surface area contributed by atoms with Gasteiger partial charge >= 0.3 is 0 Å². The Morgan fingerprint density at radius 3 is 2.78 bits per heavy atom. The van der Waals surface area contributed by atoms with E-state index in [1.807, 2.05) is 6.07 Å². The number of hydrogen-bond donors (Lipinski definition) is 1. The molecule has 50 valence electrons. The lowest BCUT2D eigenvalue weighted by Gasteiger charge is -2.15. The van der Waals surface area contributed by atoms with Gasteiger partial charge < -0.3 is 9.84 Å². The fraction of sp³-hybridized carbons (Fsp3) is 0.833. The van der Waals surface area contributed by atoms with Crippen LogP contribution in [0.4, 0.5) is 0 Å². The van der Waals surface area contributed by atoms with Gasteiger partial charge in [0.05, 0.1) is 12.7 Å². The maximum absolute atomic E-state index is 9.28. The second-order valence-electron chi connectivity index (χ2n) is 2.30. The Bertz CT molecular complexity index is 152. The number of rotatable bonds is 0. The number of aliphatic hydroxyl groups is 1. The van der Waals surface area contributed by atoms with Gasteiger partial charge in [-0.1, -0.05) is 0 Å². The van der Waals surface area contributed by atoms with Gasteiger partial charge in [0.1, 0.15) is 6.07 Å². The monoisotopic (exact) mass is 127 g/mol. The van der Waals surface area contributed by atoms with E-state index in [2.05, 4.69) is 0 Å². The largest absolute Gasteiger partial charge is 0.374 e. The summed E-state index contributed by atoms with van der Waals surface area (Å²) in [5.74, 6) is 0. The van der Waals surface area contributed by atoms with Crippen molar-refractivity contribution < 1.29 is 9.84 Å². The smallest absolute Gasteiger partial charge is 0.179 e. The van der Waals surface area contributed by atoms with Gasteiger partial charge in [-0.25, -0.2) is 0 Å². The van der Waals surface area contributed by atoms with Gasteiger partial charge in [0.25, 0.3) is 0 Å². The minimum atomic E-state index is -1.22. The molecule has 1 aliphatic heterocycles. The van der Waals surface area contributed by atoms with Gasteiger partial charge in [-0.3, -0.25) is 0 Å². The van der Waals surface area contributed by atoms with Gasteiger partial charge in [0.15, 0.2) is 5.60 Å². The summed E-state index contributed by atoms with van der Waals surface area (Å²) >= 11 is 0. The fourth-order valence-electron chi connectivity index (χ4n) is 0.879. The van der Waals surface area contributed by atoms with Crippen LogP contribution in [-0.4, -0.2) is 23.4 Å². The Labute approximate surface area is 53.9 Å². The standard InChI is InChI=1S/C6H9NO2/c1-5-6(8,4-7)2-3-9-5/h5,8H,2-3H2,1H3. The highest BCUT2D eigenvalue weighted by atomic mass is 16.5. The van der Waals surface area contributed by atoms with Crippen molar-refractivity contribution >= 4 is 0 Å². The van der Waals surface area contributed by atoms with Crippen molar-refractivity contribution in [2.45, 2.75) is 25.0 Å². The first-order valence-electron chi connectivity index (χ1n) is 2.94. The molecule has 0 saturated carbocycles. The molecule has 0 aromatic rings. The van der Waals surface area contributed by atoms with Gasteiger partial charge in [-0.05, 0) is 6.92 Å². The molecule has 0 aromatic heterocycles. The molecule has 0 amide bonds. The van der Waals surface area contributed by atoms with Crippen LogP contribution < -0.4 is 0 Å². The highest BCUT2D eigenvalue weighted by molar-refractivity contribution is 5.06. The first-order valence-corrected chi connectivity index (χ1v) is 2.94. The summed E-state index contributed by atoms with van der Waals surface area (Å²) in [5, 5.41) is 17.7. The molecule has 1 rings (SSSR count). The molecule has 2 unspecified atom stereocenters. The SMILES string of the molecule is CC1OCCC1(O)C#N. The van der Waals surface area contributed by atoms with Crippen molar-refractivity contribution in [2.24, 2.45) is 0 Å². The summed E-state index contributed by atoms with van der Waals surface area (Å²) in [6, 6.07) is 1.82. The zero-order valence-corrected chi connectivity index (χ0v) is 5.29. The topological polar surface area (TPSA) is 53.2 Å². The Kier molecular flexibility index (Phi) is 1.43. The predicted octanol–water partition coefficient (Wildman–Crippen LogP) is 0.0499. The second kappa shape index (κ2) is 1.98. The summed E-state index contributed by atoms with van der Waals surface area (Å²) < 4.78 is 4.99. The van der Waals surface area contributed by atoms with E-state index >= 15 is 0 Å². The van der Waals surface area contributed by atoms with Crippen LogP contribution in [0.5, 0.6) is 0 Å². The van der Waals surface area contributed by atoms with Crippen LogP contribution in [0.25, 0.3) is 0 Å². The molecule has 0 aliphatic carbocycles. The van der Waals surface area contributed by atoms with Gasteiger partial charge in [0.2, 0.25) is 0 Å². The van der Waals surface area contributed by atoms with E-state index < -0.39 is 5.60 Å². The molecule has 1 saturated heterocycles. The number of nitriles is 1. The zero-order valence-electron chi connectivity index (χ0n) is 5.29. The van der Waals surface area contributed by atoms with E-state index in [0.717, 1.165) is 0 Å². The summed E-state index contributed by atoms with van der Waals surface area (Å²) in [7, 11) is 0. The third-order valence-corrected chi connectivity index (χ3v) is 1.72. The summed E-state index contributed by atoms with van der Waals surface area (Å²) in [6.45, 7) is 2.20. The maximum atomic E-state index is 9.28. The number of hydrogen-bond acceptors (Lipinski definition) is 3. The molecule has 1 N–H and O–H groups in total. The lowest BCUT2D eigenvalue weighted by molar-refractivity contribution is 0.0124. The molecule has 0 spiro atoms. The maximum Gasteiger partial charge on any atom is 0.179 e. The van der Waals surface area contributed by atoms with Crippen LogP contribution in [0.1, 0.15) is 13.3 Å². The minimum absolute atomic E-state index is 0.331. The van der Waals surface area contributed by atoms with Crippen molar-refractivity contribution in [3.8, 4) is 6.07 Å². The predicted molar refractivity (Wildman–Crippen MR) is 30.6 cm³/mol. The summed E-state index contributed by atoms with van der Waals surface area (Å²) in [4.78, 5) is 0. The molecule has 0 aromatic carbocycles. The van der Waals surface area contributed by atoms with Crippen molar-refractivity contribution in [1.29, 1.82) is 5.26 Å². The quantitative estimate of drug-likeness (QED) is 0.468. The van der Waals surface area contributed by atoms with Gasteiger partial charge in [0, 0.05) is 6.42 Å². The molecule has 2 atom stereocenters. The average Bonchev–Trinajstić information content (AvgIpc) is 2.15. The Hall–Kier alpha value is -0.590. The molecule has 1 heterocycles.